The zero-order valence-electron chi connectivity index (χ0n) is 16.4. The van der Waals surface area contributed by atoms with E-state index in [1.807, 2.05) is 0 Å². The Morgan fingerprint density at radius 3 is 2.59 bits per heavy atom. The van der Waals surface area contributed by atoms with Gasteiger partial charge in [0.2, 0.25) is 5.91 Å². The van der Waals surface area contributed by atoms with Crippen molar-refractivity contribution >= 4 is 34.8 Å². The van der Waals surface area contributed by atoms with Gasteiger partial charge in [-0.15, -0.1) is 0 Å². The van der Waals surface area contributed by atoms with E-state index in [1.165, 1.54) is 18.4 Å². The summed E-state index contributed by atoms with van der Waals surface area (Å²) in [7, 11) is 0. The number of amides is 1. The quantitative estimate of drug-likeness (QED) is 0.610. The second-order valence-electron chi connectivity index (χ2n) is 7.80. The van der Waals surface area contributed by atoms with Crippen molar-refractivity contribution in [2.75, 3.05) is 31.6 Å². The molecule has 0 spiro atoms. The molecule has 29 heavy (non-hydrogen) atoms. The van der Waals surface area contributed by atoms with Crippen LogP contribution in [-0.4, -0.2) is 37.0 Å². The first-order chi connectivity index (χ1) is 14.1. The molecule has 2 aliphatic rings. The van der Waals surface area contributed by atoms with Crippen molar-refractivity contribution in [1.29, 1.82) is 0 Å². The van der Waals surface area contributed by atoms with E-state index in [2.05, 4.69) is 40.5 Å². The number of nitrogens with one attached hydrogen (secondary N) is 1. The molecule has 2 heterocycles. The molecule has 2 aliphatic heterocycles. The molecule has 0 bridgehead atoms. The number of rotatable bonds is 6. The molecule has 1 fully saturated rings. The number of ether oxygens (including phenoxy) is 1. The number of hydrogen-bond acceptors (Lipinski definition) is 3. The Labute approximate surface area is 182 Å². The van der Waals surface area contributed by atoms with Crippen LogP contribution >= 0.6 is 23.2 Å². The molecule has 1 saturated heterocycles. The minimum absolute atomic E-state index is 0.0217. The largest absolute Gasteiger partial charge is 0.492 e. The summed E-state index contributed by atoms with van der Waals surface area (Å²) in [4.78, 5) is 14.2. The van der Waals surface area contributed by atoms with Crippen LogP contribution in [0, 0.1) is 0 Å². The van der Waals surface area contributed by atoms with Gasteiger partial charge in [0.25, 0.3) is 0 Å². The van der Waals surface area contributed by atoms with Crippen molar-refractivity contribution < 1.29 is 9.53 Å². The third-order valence-corrected chi connectivity index (χ3v) is 6.45. The predicted octanol–water partition coefficient (Wildman–Crippen LogP) is 5.53. The molecule has 0 aliphatic carbocycles. The highest BCUT2D eigenvalue weighted by Crippen LogP contribution is 2.42. The van der Waals surface area contributed by atoms with Gasteiger partial charge in [0.15, 0.2) is 0 Å². The number of carbonyl (C=O) groups is 1. The summed E-state index contributed by atoms with van der Waals surface area (Å²) in [5, 5.41) is 3.81. The number of fused-ring (bicyclic) bond motifs is 1. The molecule has 1 amide bonds. The number of halogens is 2. The van der Waals surface area contributed by atoms with Crippen LogP contribution in [0.15, 0.2) is 36.4 Å². The fraction of sp³-hybridized carbons (Fsp3) is 0.435. The Morgan fingerprint density at radius 2 is 1.83 bits per heavy atom. The molecular formula is C23H26Cl2N2O2. The molecule has 0 aromatic heterocycles. The molecule has 4 nitrogen and oxygen atoms in total. The van der Waals surface area contributed by atoms with Gasteiger partial charge < -0.3 is 15.0 Å². The van der Waals surface area contributed by atoms with Gasteiger partial charge in [0, 0.05) is 18.5 Å². The summed E-state index contributed by atoms with van der Waals surface area (Å²) >= 11 is 12.6. The highest BCUT2D eigenvalue weighted by Gasteiger charge is 2.24. The van der Waals surface area contributed by atoms with Gasteiger partial charge in [0.1, 0.15) is 5.75 Å². The first-order valence-electron chi connectivity index (χ1n) is 10.3. The van der Waals surface area contributed by atoms with Crippen LogP contribution in [0.25, 0.3) is 0 Å². The molecule has 2 aromatic carbocycles. The maximum atomic E-state index is 11.7. The molecule has 6 heteroatoms. The second-order valence-corrected chi connectivity index (χ2v) is 8.61. The van der Waals surface area contributed by atoms with Crippen molar-refractivity contribution in [2.45, 2.75) is 38.0 Å². The Kier molecular flexibility index (Phi) is 6.63. The number of piperidine rings is 1. The molecule has 154 valence electrons. The Morgan fingerprint density at radius 1 is 1.07 bits per heavy atom. The Hall–Kier alpha value is -1.75. The molecule has 0 unspecified atom stereocenters. The molecule has 0 radical (unpaired) electrons. The van der Waals surface area contributed by atoms with Crippen LogP contribution in [0.3, 0.4) is 0 Å². The summed E-state index contributed by atoms with van der Waals surface area (Å²) in [6, 6.07) is 12.5. The minimum Gasteiger partial charge on any atom is -0.492 e. The maximum absolute atomic E-state index is 11.7. The van der Waals surface area contributed by atoms with Gasteiger partial charge >= 0.3 is 0 Å². The van der Waals surface area contributed by atoms with Crippen LogP contribution in [0.5, 0.6) is 5.75 Å². The smallest absolute Gasteiger partial charge is 0.224 e. The lowest BCUT2D eigenvalue weighted by Gasteiger charge is -2.32. The van der Waals surface area contributed by atoms with Crippen LogP contribution in [0.4, 0.5) is 5.69 Å². The summed E-state index contributed by atoms with van der Waals surface area (Å²) in [6.45, 7) is 3.87. The van der Waals surface area contributed by atoms with E-state index < -0.39 is 0 Å². The van der Waals surface area contributed by atoms with Gasteiger partial charge in [-0.3, -0.25) is 4.79 Å². The van der Waals surface area contributed by atoms with Crippen LogP contribution in [0.2, 0.25) is 10.0 Å². The third kappa shape index (κ3) is 4.88. The summed E-state index contributed by atoms with van der Waals surface area (Å²) in [5.41, 5.74) is 3.01. The van der Waals surface area contributed by atoms with Crippen molar-refractivity contribution in [3.8, 4) is 5.75 Å². The van der Waals surface area contributed by atoms with E-state index in [0.717, 1.165) is 31.6 Å². The van der Waals surface area contributed by atoms with Crippen LogP contribution in [-0.2, 0) is 11.2 Å². The lowest BCUT2D eigenvalue weighted by Crippen LogP contribution is -2.34. The van der Waals surface area contributed by atoms with Crippen molar-refractivity contribution in [1.82, 2.24) is 4.90 Å². The monoisotopic (exact) mass is 432 g/mol. The molecule has 0 saturated carbocycles. The van der Waals surface area contributed by atoms with E-state index >= 15 is 0 Å². The number of nitrogens with zero attached hydrogens (tertiary/aromatic N) is 1. The SMILES string of the molecule is O=C1CCc2c(c(Cl)cc(Cl)c2OCCCN2CCC(c3ccccc3)CC2)N1. The van der Waals surface area contributed by atoms with Gasteiger partial charge in [-0.05, 0) is 56.3 Å². The van der Waals surface area contributed by atoms with Crippen molar-refractivity contribution in [2.24, 2.45) is 0 Å². The maximum Gasteiger partial charge on any atom is 0.224 e. The van der Waals surface area contributed by atoms with Crippen LogP contribution < -0.4 is 10.1 Å². The number of anilines is 1. The number of benzene rings is 2. The minimum atomic E-state index is -0.0217. The summed E-state index contributed by atoms with van der Waals surface area (Å²) in [6.07, 6.45) is 4.39. The number of likely N-dealkylation sites (tertiary alicyclic amines) is 1. The van der Waals surface area contributed by atoms with Gasteiger partial charge in [0.05, 0.1) is 22.3 Å². The molecule has 1 N–H and O–H groups in total. The van der Waals surface area contributed by atoms with Crippen molar-refractivity contribution in [3.63, 3.8) is 0 Å². The molecular weight excluding hydrogens is 407 g/mol. The highest BCUT2D eigenvalue weighted by molar-refractivity contribution is 6.38. The van der Waals surface area contributed by atoms with E-state index in [0.29, 0.717) is 46.8 Å². The van der Waals surface area contributed by atoms with E-state index in [9.17, 15) is 4.79 Å². The molecule has 2 aromatic rings. The zero-order chi connectivity index (χ0) is 20.2. The lowest BCUT2D eigenvalue weighted by atomic mass is 9.89. The fourth-order valence-corrected chi connectivity index (χ4v) is 4.90. The third-order valence-electron chi connectivity index (χ3n) is 5.88. The highest BCUT2D eigenvalue weighted by atomic mass is 35.5. The first-order valence-corrected chi connectivity index (χ1v) is 11.1. The summed E-state index contributed by atoms with van der Waals surface area (Å²) < 4.78 is 6.04. The lowest BCUT2D eigenvalue weighted by molar-refractivity contribution is -0.116. The summed E-state index contributed by atoms with van der Waals surface area (Å²) in [5.74, 6) is 1.32. The molecule has 4 rings (SSSR count). The first kappa shape index (κ1) is 20.5. The Balaban J connectivity index is 1.27. The van der Waals surface area contributed by atoms with E-state index in [-0.39, 0.29) is 5.91 Å². The second kappa shape index (κ2) is 9.38. The van der Waals surface area contributed by atoms with Gasteiger partial charge in [-0.25, -0.2) is 0 Å². The normalized spacial score (nSPS) is 17.7. The average Bonchev–Trinajstić information content (AvgIpc) is 2.74. The topological polar surface area (TPSA) is 41.6 Å². The Bertz CT molecular complexity index is 865. The van der Waals surface area contributed by atoms with Crippen LogP contribution in [0.1, 0.15) is 42.7 Å². The number of hydrogen-bond donors (Lipinski definition) is 1. The van der Waals surface area contributed by atoms with E-state index in [4.69, 9.17) is 27.9 Å². The van der Waals surface area contributed by atoms with E-state index in [1.54, 1.807) is 6.07 Å². The van der Waals surface area contributed by atoms with Gasteiger partial charge in [-0.1, -0.05) is 53.5 Å². The fourth-order valence-electron chi connectivity index (χ4n) is 4.30. The zero-order valence-corrected chi connectivity index (χ0v) is 17.9. The van der Waals surface area contributed by atoms with Crippen molar-refractivity contribution in [3.05, 3.63) is 57.6 Å². The predicted molar refractivity (Wildman–Crippen MR) is 118 cm³/mol. The number of carbonyl (C=O) groups excluding carboxylic acids is 1. The van der Waals surface area contributed by atoms with Gasteiger partial charge in [-0.2, -0.15) is 0 Å². The average molecular weight is 433 g/mol. The standard InChI is InChI=1S/C23H26Cl2N2O2/c24-19-15-20(25)23(18-7-8-21(28)26-22(18)19)29-14-4-11-27-12-9-17(10-13-27)16-5-2-1-3-6-16/h1-3,5-6,15,17H,4,7-14H2,(H,26,28). The molecule has 0 atom stereocenters.